The van der Waals surface area contributed by atoms with Crippen molar-refractivity contribution >= 4 is 17.3 Å². The highest BCUT2D eigenvalue weighted by atomic mass is 16.6. The Morgan fingerprint density at radius 3 is 2.52 bits per heavy atom. The molecule has 0 aromatic heterocycles. The maximum atomic E-state index is 12.5. The molecule has 0 bridgehead atoms. The fraction of sp³-hybridized carbons (Fsp3) is 0.235. The van der Waals surface area contributed by atoms with Crippen molar-refractivity contribution in [3.8, 4) is 5.75 Å². The van der Waals surface area contributed by atoms with E-state index in [2.05, 4.69) is 5.32 Å². The van der Waals surface area contributed by atoms with Crippen LogP contribution in [0.4, 0.5) is 11.4 Å². The average molecular weight is 314 g/mol. The highest BCUT2D eigenvalue weighted by Gasteiger charge is 2.22. The third-order valence-corrected chi connectivity index (χ3v) is 3.59. The number of amides is 1. The zero-order valence-electron chi connectivity index (χ0n) is 13.0. The number of anilines is 1. The Bertz CT molecular complexity index is 701. The van der Waals surface area contributed by atoms with Crippen LogP contribution in [0.3, 0.4) is 0 Å². The Kier molecular flexibility index (Phi) is 5.30. The van der Waals surface area contributed by atoms with Crippen LogP contribution in [0.2, 0.25) is 0 Å². The number of nitro groups is 1. The monoisotopic (exact) mass is 314 g/mol. The third-order valence-electron chi connectivity index (χ3n) is 3.59. The molecular formula is C17H18N2O4. The molecule has 0 saturated heterocycles. The molecule has 120 valence electrons. The molecule has 1 amide bonds. The van der Waals surface area contributed by atoms with Gasteiger partial charge in [-0.1, -0.05) is 37.3 Å². The van der Waals surface area contributed by atoms with Crippen LogP contribution in [-0.2, 0) is 4.79 Å². The molecular weight excluding hydrogens is 296 g/mol. The summed E-state index contributed by atoms with van der Waals surface area (Å²) >= 11 is 0. The molecule has 2 aromatic carbocycles. The van der Waals surface area contributed by atoms with Crippen LogP contribution >= 0.6 is 0 Å². The Balaban J connectivity index is 2.27. The van der Waals surface area contributed by atoms with E-state index in [-0.39, 0.29) is 23.2 Å². The molecule has 6 nitrogen and oxygen atoms in total. The van der Waals surface area contributed by atoms with Crippen molar-refractivity contribution in [3.63, 3.8) is 0 Å². The molecule has 0 radical (unpaired) electrons. The van der Waals surface area contributed by atoms with Crippen LogP contribution in [0.15, 0.2) is 48.5 Å². The fourth-order valence-electron chi connectivity index (χ4n) is 2.37. The first-order valence-electron chi connectivity index (χ1n) is 7.25. The first-order chi connectivity index (χ1) is 11.1. The molecule has 0 spiro atoms. The summed E-state index contributed by atoms with van der Waals surface area (Å²) in [7, 11) is 1.43. The molecule has 1 unspecified atom stereocenters. The Hall–Kier alpha value is -2.89. The van der Waals surface area contributed by atoms with Crippen molar-refractivity contribution < 1.29 is 14.5 Å². The van der Waals surface area contributed by atoms with Gasteiger partial charge in [0.15, 0.2) is 0 Å². The summed E-state index contributed by atoms with van der Waals surface area (Å²) in [6.07, 6.45) is 0.597. The normalized spacial score (nSPS) is 11.6. The molecule has 23 heavy (non-hydrogen) atoms. The number of carbonyl (C=O) groups excluding carboxylic acids is 1. The van der Waals surface area contributed by atoms with Crippen LogP contribution in [0.1, 0.15) is 24.8 Å². The zero-order valence-corrected chi connectivity index (χ0v) is 13.0. The van der Waals surface area contributed by atoms with Crippen molar-refractivity contribution in [1.82, 2.24) is 0 Å². The van der Waals surface area contributed by atoms with Gasteiger partial charge in [-0.25, -0.2) is 0 Å². The van der Waals surface area contributed by atoms with E-state index in [4.69, 9.17) is 4.74 Å². The quantitative estimate of drug-likeness (QED) is 0.650. The second-order valence-corrected chi connectivity index (χ2v) is 5.00. The molecule has 2 aromatic rings. The largest absolute Gasteiger partial charge is 0.496 e. The SMILES string of the molecule is CCC(C(=O)Nc1ccc(OC)cc1[N+](=O)[O-])c1ccccc1. The van der Waals surface area contributed by atoms with Gasteiger partial charge in [-0.2, -0.15) is 0 Å². The minimum absolute atomic E-state index is 0.162. The highest BCUT2D eigenvalue weighted by molar-refractivity contribution is 5.97. The summed E-state index contributed by atoms with van der Waals surface area (Å²) in [5, 5.41) is 13.8. The summed E-state index contributed by atoms with van der Waals surface area (Å²) in [6.45, 7) is 1.90. The lowest BCUT2D eigenvalue weighted by Crippen LogP contribution is -2.21. The van der Waals surface area contributed by atoms with Gasteiger partial charge in [0.05, 0.1) is 24.0 Å². The van der Waals surface area contributed by atoms with Crippen LogP contribution in [0.5, 0.6) is 5.75 Å². The van der Waals surface area contributed by atoms with Crippen LogP contribution in [0.25, 0.3) is 0 Å². The first kappa shape index (κ1) is 16.5. The second-order valence-electron chi connectivity index (χ2n) is 5.00. The third kappa shape index (κ3) is 3.85. The molecule has 0 saturated carbocycles. The summed E-state index contributed by atoms with van der Waals surface area (Å²) in [6, 6.07) is 13.7. The molecule has 0 heterocycles. The molecule has 0 fully saturated rings. The number of ether oxygens (including phenoxy) is 1. The van der Waals surface area contributed by atoms with Gasteiger partial charge in [-0.15, -0.1) is 0 Å². The van der Waals surface area contributed by atoms with E-state index in [0.29, 0.717) is 12.2 Å². The maximum absolute atomic E-state index is 12.5. The van der Waals surface area contributed by atoms with Crippen molar-refractivity contribution in [1.29, 1.82) is 0 Å². The average Bonchev–Trinajstić information content (AvgIpc) is 2.56. The summed E-state index contributed by atoms with van der Waals surface area (Å²) in [4.78, 5) is 23.1. The van der Waals surface area contributed by atoms with E-state index in [1.807, 2.05) is 37.3 Å². The maximum Gasteiger partial charge on any atom is 0.296 e. The van der Waals surface area contributed by atoms with E-state index in [1.54, 1.807) is 6.07 Å². The topological polar surface area (TPSA) is 81.5 Å². The van der Waals surface area contributed by atoms with Crippen LogP contribution < -0.4 is 10.1 Å². The van der Waals surface area contributed by atoms with Gasteiger partial charge < -0.3 is 10.1 Å². The lowest BCUT2D eigenvalue weighted by Gasteiger charge is -2.15. The Morgan fingerprint density at radius 1 is 1.26 bits per heavy atom. The predicted molar refractivity (Wildman–Crippen MR) is 87.8 cm³/mol. The minimum atomic E-state index is -0.540. The van der Waals surface area contributed by atoms with Gasteiger partial charge in [0, 0.05) is 0 Å². The van der Waals surface area contributed by atoms with E-state index < -0.39 is 4.92 Å². The molecule has 2 rings (SSSR count). The molecule has 0 aliphatic carbocycles. The number of carbonyl (C=O) groups is 1. The minimum Gasteiger partial charge on any atom is -0.496 e. The number of methoxy groups -OCH3 is 1. The standard InChI is InChI=1S/C17H18N2O4/c1-3-14(12-7-5-4-6-8-12)17(20)18-15-10-9-13(23-2)11-16(15)19(21)22/h4-11,14H,3H2,1-2H3,(H,18,20). The molecule has 1 atom stereocenters. The first-order valence-corrected chi connectivity index (χ1v) is 7.25. The lowest BCUT2D eigenvalue weighted by molar-refractivity contribution is -0.384. The summed E-state index contributed by atoms with van der Waals surface area (Å²) < 4.78 is 4.99. The fourth-order valence-corrected chi connectivity index (χ4v) is 2.37. The summed E-state index contributed by atoms with van der Waals surface area (Å²) in [5.41, 5.74) is 0.847. The van der Waals surface area contributed by atoms with Crippen molar-refractivity contribution in [2.45, 2.75) is 19.3 Å². The number of nitrogens with zero attached hydrogens (tertiary/aromatic N) is 1. The van der Waals surface area contributed by atoms with Gasteiger partial charge in [0.2, 0.25) is 5.91 Å². The number of benzene rings is 2. The summed E-state index contributed by atoms with van der Waals surface area (Å²) in [5.74, 6) is -0.269. The Labute approximate surface area is 134 Å². The molecule has 0 aliphatic rings. The van der Waals surface area contributed by atoms with Gasteiger partial charge in [-0.3, -0.25) is 14.9 Å². The van der Waals surface area contributed by atoms with Gasteiger partial charge in [0.25, 0.3) is 5.69 Å². The van der Waals surface area contributed by atoms with Gasteiger partial charge >= 0.3 is 0 Å². The number of nitrogens with one attached hydrogen (secondary N) is 1. The van der Waals surface area contributed by atoms with Crippen molar-refractivity contribution in [2.24, 2.45) is 0 Å². The van der Waals surface area contributed by atoms with E-state index >= 15 is 0 Å². The number of hydrogen-bond acceptors (Lipinski definition) is 4. The van der Waals surface area contributed by atoms with Gasteiger partial charge in [-0.05, 0) is 24.1 Å². The predicted octanol–water partition coefficient (Wildman–Crippen LogP) is 3.74. The zero-order chi connectivity index (χ0) is 16.8. The van der Waals surface area contributed by atoms with Crippen LogP contribution in [-0.4, -0.2) is 17.9 Å². The molecule has 6 heteroatoms. The van der Waals surface area contributed by atoms with E-state index in [9.17, 15) is 14.9 Å². The number of rotatable bonds is 6. The lowest BCUT2D eigenvalue weighted by atomic mass is 9.95. The molecule has 0 aliphatic heterocycles. The van der Waals surface area contributed by atoms with E-state index in [1.165, 1.54) is 19.2 Å². The molecule has 1 N–H and O–H groups in total. The second kappa shape index (κ2) is 7.40. The number of nitro benzene ring substituents is 1. The Morgan fingerprint density at radius 2 is 1.96 bits per heavy atom. The highest BCUT2D eigenvalue weighted by Crippen LogP contribution is 2.30. The van der Waals surface area contributed by atoms with E-state index in [0.717, 1.165) is 5.56 Å². The smallest absolute Gasteiger partial charge is 0.296 e. The van der Waals surface area contributed by atoms with Gasteiger partial charge in [0.1, 0.15) is 11.4 Å². The van der Waals surface area contributed by atoms with Crippen molar-refractivity contribution in [2.75, 3.05) is 12.4 Å². The van der Waals surface area contributed by atoms with Crippen LogP contribution in [0, 0.1) is 10.1 Å². The number of hydrogen-bond donors (Lipinski definition) is 1. The van der Waals surface area contributed by atoms with Crippen molar-refractivity contribution in [3.05, 3.63) is 64.2 Å².